The molecule has 2 aromatic carbocycles. The molecule has 0 saturated carbocycles. The zero-order valence-corrected chi connectivity index (χ0v) is 12.1. The summed E-state index contributed by atoms with van der Waals surface area (Å²) in [5.41, 5.74) is 2.89. The van der Waals surface area contributed by atoms with Crippen LogP contribution in [0.4, 0.5) is 5.69 Å². The number of ether oxygens (including phenoxy) is 1. The van der Waals surface area contributed by atoms with E-state index in [0.717, 1.165) is 16.8 Å². The third-order valence-electron chi connectivity index (χ3n) is 3.60. The Morgan fingerprint density at radius 2 is 1.95 bits per heavy atom. The molecule has 1 amide bonds. The van der Waals surface area contributed by atoms with Gasteiger partial charge in [-0.2, -0.15) is 0 Å². The number of hydrogen-bond acceptors (Lipinski definition) is 3. The van der Waals surface area contributed by atoms with E-state index >= 15 is 0 Å². The molecule has 0 unspecified atom stereocenters. The van der Waals surface area contributed by atoms with Crippen LogP contribution in [0.25, 0.3) is 0 Å². The number of carboxylic acid groups (broad SMARTS) is 1. The minimum absolute atomic E-state index is 0.0171. The highest BCUT2D eigenvalue weighted by Crippen LogP contribution is 2.33. The van der Waals surface area contributed by atoms with Gasteiger partial charge in [0.2, 0.25) is 0 Å². The van der Waals surface area contributed by atoms with E-state index in [1.54, 1.807) is 29.2 Å². The molecule has 112 valence electrons. The maximum Gasteiger partial charge on any atom is 0.335 e. The van der Waals surface area contributed by atoms with Crippen LogP contribution in [-0.4, -0.2) is 23.6 Å². The van der Waals surface area contributed by atoms with Crippen molar-refractivity contribution in [1.29, 1.82) is 0 Å². The second kappa shape index (κ2) is 5.52. The summed E-state index contributed by atoms with van der Waals surface area (Å²) in [5, 5.41) is 8.92. The standard InChI is InChI=1S/C17H15NO4/c1-11-2-7-15-14(8-11)18(16(19)10-22-15)9-12-3-5-13(6-4-12)17(20)21/h2-8H,9-10H2,1H3,(H,20,21). The molecular formula is C17H15NO4. The fourth-order valence-corrected chi connectivity index (χ4v) is 2.42. The van der Waals surface area contributed by atoms with Crippen molar-refractivity contribution < 1.29 is 19.4 Å². The van der Waals surface area contributed by atoms with E-state index in [1.165, 1.54) is 0 Å². The number of aryl methyl sites for hydroxylation is 1. The lowest BCUT2D eigenvalue weighted by molar-refractivity contribution is -0.121. The number of carbonyl (C=O) groups excluding carboxylic acids is 1. The molecule has 0 fully saturated rings. The number of rotatable bonds is 3. The quantitative estimate of drug-likeness (QED) is 0.945. The van der Waals surface area contributed by atoms with Crippen LogP contribution in [0.2, 0.25) is 0 Å². The lowest BCUT2D eigenvalue weighted by Crippen LogP contribution is -2.38. The first-order valence-electron chi connectivity index (χ1n) is 6.90. The molecule has 0 bridgehead atoms. The van der Waals surface area contributed by atoms with Crippen molar-refractivity contribution >= 4 is 17.6 Å². The van der Waals surface area contributed by atoms with Crippen molar-refractivity contribution in [1.82, 2.24) is 0 Å². The molecule has 1 N–H and O–H groups in total. The van der Waals surface area contributed by atoms with Gasteiger partial charge in [-0.3, -0.25) is 4.79 Å². The van der Waals surface area contributed by atoms with Crippen LogP contribution in [0.15, 0.2) is 42.5 Å². The molecule has 0 saturated heterocycles. The summed E-state index contributed by atoms with van der Waals surface area (Å²) in [4.78, 5) is 24.7. The molecule has 5 nitrogen and oxygen atoms in total. The third kappa shape index (κ3) is 2.65. The van der Waals surface area contributed by atoms with Gasteiger partial charge in [0.15, 0.2) is 6.61 Å². The third-order valence-corrected chi connectivity index (χ3v) is 3.60. The Morgan fingerprint density at radius 1 is 1.23 bits per heavy atom. The van der Waals surface area contributed by atoms with Crippen LogP contribution in [-0.2, 0) is 11.3 Å². The largest absolute Gasteiger partial charge is 0.482 e. The molecule has 0 radical (unpaired) electrons. The second-order valence-corrected chi connectivity index (χ2v) is 5.24. The highest BCUT2D eigenvalue weighted by Gasteiger charge is 2.25. The van der Waals surface area contributed by atoms with Gasteiger partial charge in [-0.1, -0.05) is 18.2 Å². The summed E-state index contributed by atoms with van der Waals surface area (Å²) in [5.74, 6) is -0.386. The molecule has 1 heterocycles. The van der Waals surface area contributed by atoms with Gasteiger partial charge >= 0.3 is 5.97 Å². The lowest BCUT2D eigenvalue weighted by atomic mass is 10.1. The van der Waals surface area contributed by atoms with Crippen LogP contribution in [0.5, 0.6) is 5.75 Å². The summed E-state index contributed by atoms with van der Waals surface area (Å²) in [6, 6.07) is 12.2. The topological polar surface area (TPSA) is 66.8 Å². The van der Waals surface area contributed by atoms with Gasteiger partial charge in [0.1, 0.15) is 5.75 Å². The minimum atomic E-state index is -0.963. The summed E-state index contributed by atoms with van der Waals surface area (Å²) in [6.07, 6.45) is 0. The molecule has 1 aliphatic rings. The number of anilines is 1. The van der Waals surface area contributed by atoms with Gasteiger partial charge in [0.05, 0.1) is 17.8 Å². The first-order chi connectivity index (χ1) is 10.5. The SMILES string of the molecule is Cc1ccc2c(c1)N(Cc1ccc(C(=O)O)cc1)C(=O)CO2. The van der Waals surface area contributed by atoms with Gasteiger partial charge in [-0.05, 0) is 42.3 Å². The van der Waals surface area contributed by atoms with Gasteiger partial charge in [-0.25, -0.2) is 4.79 Å². The van der Waals surface area contributed by atoms with E-state index in [2.05, 4.69) is 0 Å². The molecule has 0 atom stereocenters. The number of aromatic carboxylic acids is 1. The number of benzene rings is 2. The Morgan fingerprint density at radius 3 is 2.64 bits per heavy atom. The maximum absolute atomic E-state index is 12.2. The van der Waals surface area contributed by atoms with E-state index in [0.29, 0.717) is 12.3 Å². The van der Waals surface area contributed by atoms with E-state index in [4.69, 9.17) is 9.84 Å². The molecule has 1 aliphatic heterocycles. The van der Waals surface area contributed by atoms with Crippen molar-refractivity contribution in [2.45, 2.75) is 13.5 Å². The molecule has 22 heavy (non-hydrogen) atoms. The number of hydrogen-bond donors (Lipinski definition) is 1. The number of fused-ring (bicyclic) bond motifs is 1. The van der Waals surface area contributed by atoms with Crippen molar-refractivity contribution in [3.8, 4) is 5.75 Å². The molecule has 5 heteroatoms. The average Bonchev–Trinajstić information content (AvgIpc) is 2.51. The Balaban J connectivity index is 1.90. The summed E-state index contributed by atoms with van der Waals surface area (Å²) in [7, 11) is 0. The normalized spacial score (nSPS) is 13.5. The van der Waals surface area contributed by atoms with Crippen LogP contribution in [0, 0.1) is 6.92 Å². The molecule has 0 spiro atoms. The number of carbonyl (C=O) groups is 2. The Bertz CT molecular complexity index is 737. The van der Waals surface area contributed by atoms with Gasteiger partial charge in [0, 0.05) is 0 Å². The van der Waals surface area contributed by atoms with E-state index < -0.39 is 5.97 Å². The smallest absolute Gasteiger partial charge is 0.335 e. The summed E-state index contributed by atoms with van der Waals surface area (Å²) < 4.78 is 5.44. The molecule has 0 aliphatic carbocycles. The minimum Gasteiger partial charge on any atom is -0.482 e. The maximum atomic E-state index is 12.2. The number of nitrogens with zero attached hydrogens (tertiary/aromatic N) is 1. The number of carboxylic acids is 1. The zero-order chi connectivity index (χ0) is 15.7. The fraction of sp³-hybridized carbons (Fsp3) is 0.176. The average molecular weight is 297 g/mol. The van der Waals surface area contributed by atoms with E-state index in [9.17, 15) is 9.59 Å². The van der Waals surface area contributed by atoms with Gasteiger partial charge < -0.3 is 14.7 Å². The highest BCUT2D eigenvalue weighted by molar-refractivity contribution is 5.97. The molecule has 0 aromatic heterocycles. The van der Waals surface area contributed by atoms with Crippen molar-refractivity contribution in [3.63, 3.8) is 0 Å². The Kier molecular flexibility index (Phi) is 3.55. The number of amides is 1. The molecule has 3 rings (SSSR count). The molecule has 2 aromatic rings. The Hall–Kier alpha value is -2.82. The molecular weight excluding hydrogens is 282 g/mol. The van der Waals surface area contributed by atoms with Gasteiger partial charge in [0.25, 0.3) is 5.91 Å². The van der Waals surface area contributed by atoms with Crippen molar-refractivity contribution in [3.05, 3.63) is 59.2 Å². The predicted molar refractivity (Wildman–Crippen MR) is 81.3 cm³/mol. The summed E-state index contributed by atoms with van der Waals surface area (Å²) >= 11 is 0. The van der Waals surface area contributed by atoms with Crippen LogP contribution in [0.3, 0.4) is 0 Å². The van der Waals surface area contributed by atoms with Crippen LogP contribution < -0.4 is 9.64 Å². The Labute approximate surface area is 127 Å². The zero-order valence-electron chi connectivity index (χ0n) is 12.1. The van der Waals surface area contributed by atoms with Gasteiger partial charge in [-0.15, -0.1) is 0 Å². The second-order valence-electron chi connectivity index (χ2n) is 5.24. The van der Waals surface area contributed by atoms with E-state index in [1.807, 2.05) is 25.1 Å². The highest BCUT2D eigenvalue weighted by atomic mass is 16.5. The predicted octanol–water partition coefficient (Wildman–Crippen LogP) is 2.62. The first-order valence-corrected chi connectivity index (χ1v) is 6.90. The van der Waals surface area contributed by atoms with Crippen molar-refractivity contribution in [2.24, 2.45) is 0 Å². The monoisotopic (exact) mass is 297 g/mol. The summed E-state index contributed by atoms with van der Waals surface area (Å²) in [6.45, 7) is 2.36. The lowest BCUT2D eigenvalue weighted by Gasteiger charge is -2.29. The van der Waals surface area contributed by atoms with Crippen LogP contribution in [0.1, 0.15) is 21.5 Å². The fourth-order valence-electron chi connectivity index (χ4n) is 2.42. The first kappa shape index (κ1) is 14.1. The van der Waals surface area contributed by atoms with Crippen molar-refractivity contribution in [2.75, 3.05) is 11.5 Å². The van der Waals surface area contributed by atoms with E-state index in [-0.39, 0.29) is 18.1 Å². The van der Waals surface area contributed by atoms with Crippen LogP contribution >= 0.6 is 0 Å².